The number of carbonyl (C=O) groups is 1. The summed E-state index contributed by atoms with van der Waals surface area (Å²) in [6, 6.07) is 0. The summed E-state index contributed by atoms with van der Waals surface area (Å²) < 4.78 is 0. The Labute approximate surface area is 183 Å². The van der Waals surface area contributed by atoms with Crippen LogP contribution in [-0.2, 0) is 24.3 Å². The van der Waals surface area contributed by atoms with E-state index in [0.29, 0.717) is 0 Å². The predicted molar refractivity (Wildman–Crippen MR) is 112 cm³/mol. The summed E-state index contributed by atoms with van der Waals surface area (Å²) in [7, 11) is 0. The molecule has 3 heteroatoms. The molecule has 0 bridgehead atoms. The van der Waals surface area contributed by atoms with Crippen molar-refractivity contribution in [2.75, 3.05) is 0 Å². The Balaban J connectivity index is 0. The molecule has 0 unspecified atom stereocenters. The van der Waals surface area contributed by atoms with Crippen LogP contribution in [0.1, 0.15) is 148 Å². The SMILES string of the molecule is CCCCCCCCCCCCCCCCCCCCCCCC(=O)[O-].[Zn+2]. The molecule has 0 aromatic rings. The molecule has 2 nitrogen and oxygen atoms in total. The summed E-state index contributed by atoms with van der Waals surface area (Å²) in [6.07, 6.45) is 28.7. The van der Waals surface area contributed by atoms with Gasteiger partial charge >= 0.3 is 19.5 Å². The van der Waals surface area contributed by atoms with E-state index in [0.717, 1.165) is 12.8 Å². The van der Waals surface area contributed by atoms with E-state index in [1.165, 1.54) is 122 Å². The van der Waals surface area contributed by atoms with E-state index in [4.69, 9.17) is 0 Å². The zero-order valence-corrected chi connectivity index (χ0v) is 21.5. The molecule has 0 spiro atoms. The van der Waals surface area contributed by atoms with E-state index >= 15 is 0 Å². The first-order valence-corrected chi connectivity index (χ1v) is 12.0. The largest absolute Gasteiger partial charge is 2.00 e. The Kier molecular flexibility index (Phi) is 28.3. The van der Waals surface area contributed by atoms with Crippen molar-refractivity contribution in [1.29, 1.82) is 0 Å². The third kappa shape index (κ3) is 28.4. The minimum atomic E-state index is -0.900. The van der Waals surface area contributed by atoms with E-state index in [9.17, 15) is 9.90 Å². The number of hydrogen-bond acceptors (Lipinski definition) is 2. The topological polar surface area (TPSA) is 40.1 Å². The van der Waals surface area contributed by atoms with Crippen molar-refractivity contribution in [2.24, 2.45) is 0 Å². The van der Waals surface area contributed by atoms with Crippen molar-refractivity contribution in [3.05, 3.63) is 0 Å². The zero-order valence-electron chi connectivity index (χ0n) is 18.6. The second-order valence-electron chi connectivity index (χ2n) is 8.19. The summed E-state index contributed by atoms with van der Waals surface area (Å²) >= 11 is 0. The fraction of sp³-hybridized carbons (Fsp3) is 0.958. The average Bonchev–Trinajstić information content (AvgIpc) is 2.62. The molecular formula is C24H47O2Zn+. The summed E-state index contributed by atoms with van der Waals surface area (Å²) in [6.45, 7) is 2.29. The molecule has 0 rings (SSSR count). The average molecular weight is 433 g/mol. The molecule has 0 amide bonds. The van der Waals surface area contributed by atoms with Gasteiger partial charge in [-0.15, -0.1) is 0 Å². The maximum Gasteiger partial charge on any atom is 2.00 e. The van der Waals surface area contributed by atoms with E-state index in [2.05, 4.69) is 6.92 Å². The summed E-state index contributed by atoms with van der Waals surface area (Å²) in [4.78, 5) is 10.3. The van der Waals surface area contributed by atoms with Gasteiger partial charge in [-0.05, 0) is 12.8 Å². The molecule has 0 aromatic carbocycles. The van der Waals surface area contributed by atoms with Gasteiger partial charge in [0.15, 0.2) is 0 Å². The molecule has 0 aliphatic heterocycles. The molecule has 0 heterocycles. The van der Waals surface area contributed by atoms with Gasteiger partial charge in [-0.1, -0.05) is 135 Å². The Morgan fingerprint density at radius 3 is 0.926 bits per heavy atom. The molecule has 0 fully saturated rings. The summed E-state index contributed by atoms with van der Waals surface area (Å²) in [5.41, 5.74) is 0. The maximum absolute atomic E-state index is 10.3. The molecule has 156 valence electrons. The molecular weight excluding hydrogens is 386 g/mol. The summed E-state index contributed by atoms with van der Waals surface area (Å²) in [5, 5.41) is 10.3. The number of carboxylic acid groups (broad SMARTS) is 1. The number of carbonyl (C=O) groups excluding carboxylic acids is 1. The Hall–Kier alpha value is 0.0934. The molecule has 0 aromatic heterocycles. The van der Waals surface area contributed by atoms with Gasteiger partial charge in [0.2, 0.25) is 0 Å². The third-order valence-corrected chi connectivity index (χ3v) is 5.48. The smallest absolute Gasteiger partial charge is 0.550 e. The van der Waals surface area contributed by atoms with E-state index in [1.54, 1.807) is 0 Å². The van der Waals surface area contributed by atoms with Crippen LogP contribution >= 0.6 is 0 Å². The molecule has 27 heavy (non-hydrogen) atoms. The van der Waals surface area contributed by atoms with Crippen molar-refractivity contribution in [1.82, 2.24) is 0 Å². The minimum Gasteiger partial charge on any atom is -0.550 e. The third-order valence-electron chi connectivity index (χ3n) is 5.48. The van der Waals surface area contributed by atoms with Crippen LogP contribution < -0.4 is 5.11 Å². The van der Waals surface area contributed by atoms with Crippen molar-refractivity contribution in [2.45, 2.75) is 148 Å². The van der Waals surface area contributed by atoms with E-state index < -0.39 is 5.97 Å². The van der Waals surface area contributed by atoms with Crippen molar-refractivity contribution in [3.63, 3.8) is 0 Å². The Morgan fingerprint density at radius 2 is 0.704 bits per heavy atom. The first-order valence-electron chi connectivity index (χ1n) is 12.0. The molecule has 0 saturated carbocycles. The number of rotatable bonds is 22. The number of aliphatic carboxylic acids is 1. The van der Waals surface area contributed by atoms with Crippen molar-refractivity contribution >= 4 is 5.97 Å². The van der Waals surface area contributed by atoms with E-state index in [-0.39, 0.29) is 25.9 Å². The molecule has 0 atom stereocenters. The maximum atomic E-state index is 10.3. The van der Waals surface area contributed by atoms with Crippen LogP contribution in [0.2, 0.25) is 0 Å². The zero-order chi connectivity index (χ0) is 19.1. The normalized spacial score (nSPS) is 10.7. The molecule has 0 N–H and O–H groups in total. The van der Waals surface area contributed by atoms with Crippen LogP contribution in [0.25, 0.3) is 0 Å². The van der Waals surface area contributed by atoms with Crippen LogP contribution in [0.15, 0.2) is 0 Å². The number of unbranched alkanes of at least 4 members (excludes halogenated alkanes) is 20. The molecule has 0 saturated heterocycles. The van der Waals surface area contributed by atoms with Crippen LogP contribution in [-0.4, -0.2) is 5.97 Å². The first kappa shape index (κ1) is 29.3. The molecule has 0 radical (unpaired) electrons. The predicted octanol–water partition coefficient (Wildman–Crippen LogP) is 7.34. The number of carboxylic acids is 1. The minimum absolute atomic E-state index is 0. The van der Waals surface area contributed by atoms with E-state index in [1.807, 2.05) is 0 Å². The van der Waals surface area contributed by atoms with Gasteiger partial charge in [-0.2, -0.15) is 0 Å². The van der Waals surface area contributed by atoms with Crippen LogP contribution in [0.4, 0.5) is 0 Å². The number of hydrogen-bond donors (Lipinski definition) is 0. The fourth-order valence-electron chi connectivity index (χ4n) is 3.70. The second-order valence-corrected chi connectivity index (χ2v) is 8.19. The van der Waals surface area contributed by atoms with Gasteiger partial charge in [0, 0.05) is 5.97 Å². The van der Waals surface area contributed by atoms with Gasteiger partial charge in [0.05, 0.1) is 0 Å². The van der Waals surface area contributed by atoms with Crippen molar-refractivity contribution in [3.8, 4) is 0 Å². The van der Waals surface area contributed by atoms with Gasteiger partial charge in [0.1, 0.15) is 0 Å². The van der Waals surface area contributed by atoms with Gasteiger partial charge in [-0.3, -0.25) is 0 Å². The second kappa shape index (κ2) is 26.1. The van der Waals surface area contributed by atoms with Crippen LogP contribution in [0, 0.1) is 0 Å². The first-order chi connectivity index (χ1) is 12.8. The Morgan fingerprint density at radius 1 is 0.481 bits per heavy atom. The Bertz CT molecular complexity index is 282. The fourth-order valence-corrected chi connectivity index (χ4v) is 3.70. The summed E-state index contributed by atoms with van der Waals surface area (Å²) in [5.74, 6) is -0.900. The molecule has 0 aliphatic rings. The van der Waals surface area contributed by atoms with Gasteiger partial charge in [-0.25, -0.2) is 0 Å². The van der Waals surface area contributed by atoms with Crippen molar-refractivity contribution < 1.29 is 29.4 Å². The van der Waals surface area contributed by atoms with Crippen LogP contribution in [0.3, 0.4) is 0 Å². The monoisotopic (exact) mass is 431 g/mol. The van der Waals surface area contributed by atoms with Gasteiger partial charge < -0.3 is 9.90 Å². The van der Waals surface area contributed by atoms with Crippen LogP contribution in [0.5, 0.6) is 0 Å². The standard InChI is InChI=1S/C24H48O2.Zn/c1-2-3-4-5-6-7-8-9-10-11-12-13-14-15-16-17-18-19-20-21-22-23-24(25)26;/h2-23H2,1H3,(H,25,26);/q;+2/p-1. The van der Waals surface area contributed by atoms with Gasteiger partial charge in [0.25, 0.3) is 0 Å². The quantitative estimate of drug-likeness (QED) is 0.133. The molecule has 0 aliphatic carbocycles.